The van der Waals surface area contributed by atoms with Gasteiger partial charge in [-0.15, -0.1) is 0 Å². The Hall–Kier alpha value is -0.920. The molecule has 0 bridgehead atoms. The van der Waals surface area contributed by atoms with Crippen molar-refractivity contribution >= 4 is 0 Å². The van der Waals surface area contributed by atoms with Gasteiger partial charge in [0.15, 0.2) is 0 Å². The summed E-state index contributed by atoms with van der Waals surface area (Å²) < 4.78 is 0. The normalized spacial score (nSPS) is 14.0. The molecule has 1 aromatic heterocycles. The fourth-order valence-electron chi connectivity index (χ4n) is 3.23. The first kappa shape index (κ1) is 19.1. The summed E-state index contributed by atoms with van der Waals surface area (Å²) >= 11 is 0. The minimum absolute atomic E-state index is 0.151. The quantitative estimate of drug-likeness (QED) is 0.449. The minimum atomic E-state index is 0.151. The highest BCUT2D eigenvalue weighted by Gasteiger charge is 2.29. The maximum absolute atomic E-state index is 4.79. The summed E-state index contributed by atoms with van der Waals surface area (Å²) in [5.74, 6) is 1.08. The van der Waals surface area contributed by atoms with Crippen LogP contribution in [0.1, 0.15) is 102 Å². The van der Waals surface area contributed by atoms with Gasteiger partial charge in [-0.3, -0.25) is 0 Å². The summed E-state index contributed by atoms with van der Waals surface area (Å²) in [4.78, 5) is 9.58. The second-order valence-electron chi connectivity index (χ2n) is 7.16. The molecule has 0 spiro atoms. The standard InChI is InChI=1S/C20H36N2/c1-6-8-10-11-13-15-20(5,14-12-9-7-2)19-21-17(3)16-18(4)22-19/h16H,6-15H2,1-5H3. The molecule has 0 aliphatic rings. The van der Waals surface area contributed by atoms with Crippen molar-refractivity contribution in [1.82, 2.24) is 9.97 Å². The van der Waals surface area contributed by atoms with E-state index in [1.165, 1.54) is 64.2 Å². The minimum Gasteiger partial charge on any atom is -0.238 e. The van der Waals surface area contributed by atoms with Crippen LogP contribution in [0.15, 0.2) is 6.07 Å². The van der Waals surface area contributed by atoms with E-state index in [2.05, 4.69) is 40.7 Å². The molecule has 2 nitrogen and oxygen atoms in total. The summed E-state index contributed by atoms with van der Waals surface area (Å²) in [6.45, 7) is 11.1. The molecule has 1 heterocycles. The Kier molecular flexibility index (Phi) is 8.67. The van der Waals surface area contributed by atoms with Gasteiger partial charge in [0.2, 0.25) is 0 Å². The maximum atomic E-state index is 4.79. The lowest BCUT2D eigenvalue weighted by Crippen LogP contribution is -2.26. The zero-order chi connectivity index (χ0) is 16.4. The molecule has 0 aromatic carbocycles. The predicted molar refractivity (Wildman–Crippen MR) is 96.4 cm³/mol. The molecule has 0 aliphatic heterocycles. The van der Waals surface area contributed by atoms with Gasteiger partial charge in [0.25, 0.3) is 0 Å². The summed E-state index contributed by atoms with van der Waals surface area (Å²) in [6, 6.07) is 2.08. The molecular weight excluding hydrogens is 268 g/mol. The molecule has 0 fully saturated rings. The largest absolute Gasteiger partial charge is 0.238 e. The monoisotopic (exact) mass is 304 g/mol. The van der Waals surface area contributed by atoms with Gasteiger partial charge in [-0.25, -0.2) is 9.97 Å². The molecule has 2 heteroatoms. The molecular formula is C20H36N2. The number of aryl methyl sites for hydroxylation is 2. The third-order valence-corrected chi connectivity index (χ3v) is 4.69. The van der Waals surface area contributed by atoms with Crippen molar-refractivity contribution in [1.29, 1.82) is 0 Å². The zero-order valence-electron chi connectivity index (χ0n) is 15.5. The Morgan fingerprint density at radius 2 is 1.23 bits per heavy atom. The second-order valence-corrected chi connectivity index (χ2v) is 7.16. The van der Waals surface area contributed by atoms with Crippen LogP contribution in [0.25, 0.3) is 0 Å². The first-order chi connectivity index (χ1) is 10.5. The molecule has 0 N–H and O–H groups in total. The van der Waals surface area contributed by atoms with E-state index in [-0.39, 0.29) is 5.41 Å². The van der Waals surface area contributed by atoms with Crippen LogP contribution in [0.4, 0.5) is 0 Å². The molecule has 1 aromatic rings. The van der Waals surface area contributed by atoms with Gasteiger partial charge < -0.3 is 0 Å². The average Bonchev–Trinajstić information content (AvgIpc) is 2.46. The highest BCUT2D eigenvalue weighted by Crippen LogP contribution is 2.33. The number of rotatable bonds is 11. The van der Waals surface area contributed by atoms with Crippen LogP contribution in [-0.4, -0.2) is 9.97 Å². The van der Waals surface area contributed by atoms with Crippen LogP contribution in [-0.2, 0) is 5.41 Å². The van der Waals surface area contributed by atoms with Crippen molar-refractivity contribution in [2.45, 2.75) is 104 Å². The lowest BCUT2D eigenvalue weighted by atomic mass is 9.78. The number of hydrogen-bond donors (Lipinski definition) is 0. The molecule has 0 amide bonds. The van der Waals surface area contributed by atoms with Crippen LogP contribution in [0.5, 0.6) is 0 Å². The van der Waals surface area contributed by atoms with Crippen molar-refractivity contribution in [3.8, 4) is 0 Å². The summed E-state index contributed by atoms with van der Waals surface area (Å²) in [5.41, 5.74) is 2.36. The Morgan fingerprint density at radius 3 is 1.77 bits per heavy atom. The van der Waals surface area contributed by atoms with Gasteiger partial charge in [-0.2, -0.15) is 0 Å². The lowest BCUT2D eigenvalue weighted by Gasteiger charge is -2.29. The van der Waals surface area contributed by atoms with E-state index in [0.29, 0.717) is 0 Å². The first-order valence-electron chi connectivity index (χ1n) is 9.34. The second kappa shape index (κ2) is 9.97. The molecule has 0 saturated heterocycles. The van der Waals surface area contributed by atoms with Crippen molar-refractivity contribution in [2.24, 2.45) is 0 Å². The zero-order valence-corrected chi connectivity index (χ0v) is 15.5. The smallest absolute Gasteiger partial charge is 0.134 e. The van der Waals surface area contributed by atoms with Crippen molar-refractivity contribution in [2.75, 3.05) is 0 Å². The third kappa shape index (κ3) is 6.46. The van der Waals surface area contributed by atoms with Crippen LogP contribution in [0, 0.1) is 13.8 Å². The van der Waals surface area contributed by atoms with Crippen LogP contribution in [0.3, 0.4) is 0 Å². The Labute approximate surface area is 138 Å². The van der Waals surface area contributed by atoms with E-state index in [4.69, 9.17) is 9.97 Å². The van der Waals surface area contributed by atoms with E-state index in [1.807, 2.05) is 0 Å². The number of aromatic nitrogens is 2. The van der Waals surface area contributed by atoms with E-state index < -0.39 is 0 Å². The van der Waals surface area contributed by atoms with Gasteiger partial charge in [-0.1, -0.05) is 72.1 Å². The van der Waals surface area contributed by atoms with Crippen molar-refractivity contribution in [3.05, 3.63) is 23.3 Å². The van der Waals surface area contributed by atoms with Gasteiger partial charge in [0.1, 0.15) is 5.82 Å². The highest BCUT2D eigenvalue weighted by molar-refractivity contribution is 5.14. The van der Waals surface area contributed by atoms with Gasteiger partial charge in [-0.05, 0) is 32.8 Å². The topological polar surface area (TPSA) is 25.8 Å². The van der Waals surface area contributed by atoms with Gasteiger partial charge in [0, 0.05) is 16.8 Å². The predicted octanol–water partition coefficient (Wildman–Crippen LogP) is 6.29. The van der Waals surface area contributed by atoms with Crippen LogP contribution < -0.4 is 0 Å². The van der Waals surface area contributed by atoms with Gasteiger partial charge >= 0.3 is 0 Å². The summed E-state index contributed by atoms with van der Waals surface area (Å²) in [7, 11) is 0. The number of hydrogen-bond acceptors (Lipinski definition) is 2. The molecule has 22 heavy (non-hydrogen) atoms. The van der Waals surface area contributed by atoms with Crippen LogP contribution >= 0.6 is 0 Å². The first-order valence-corrected chi connectivity index (χ1v) is 9.34. The lowest BCUT2D eigenvalue weighted by molar-refractivity contribution is 0.345. The van der Waals surface area contributed by atoms with Crippen LogP contribution in [0.2, 0.25) is 0 Å². The Morgan fingerprint density at radius 1 is 0.773 bits per heavy atom. The van der Waals surface area contributed by atoms with E-state index in [9.17, 15) is 0 Å². The fraction of sp³-hybridized carbons (Fsp3) is 0.800. The molecule has 126 valence electrons. The maximum Gasteiger partial charge on any atom is 0.134 e. The van der Waals surface area contributed by atoms with E-state index in [0.717, 1.165) is 17.2 Å². The van der Waals surface area contributed by atoms with Gasteiger partial charge in [0.05, 0.1) is 0 Å². The fourth-order valence-corrected chi connectivity index (χ4v) is 3.23. The third-order valence-electron chi connectivity index (χ3n) is 4.69. The SMILES string of the molecule is CCCCCCCC(C)(CCCCC)c1nc(C)cc(C)n1. The molecule has 1 rings (SSSR count). The van der Waals surface area contributed by atoms with E-state index >= 15 is 0 Å². The molecule has 1 unspecified atom stereocenters. The number of unbranched alkanes of at least 4 members (excludes halogenated alkanes) is 6. The van der Waals surface area contributed by atoms with E-state index in [1.54, 1.807) is 0 Å². The molecule has 1 atom stereocenters. The van der Waals surface area contributed by atoms with Crippen molar-refractivity contribution < 1.29 is 0 Å². The molecule has 0 radical (unpaired) electrons. The van der Waals surface area contributed by atoms with Crippen molar-refractivity contribution in [3.63, 3.8) is 0 Å². The molecule has 0 aliphatic carbocycles. The number of nitrogens with zero attached hydrogens (tertiary/aromatic N) is 2. The Bertz CT molecular complexity index is 407. The summed E-state index contributed by atoms with van der Waals surface area (Å²) in [6.07, 6.45) is 13.0. The molecule has 0 saturated carbocycles. The Balaban J connectivity index is 2.76. The average molecular weight is 305 g/mol. The highest BCUT2D eigenvalue weighted by atomic mass is 14.9. The summed E-state index contributed by atoms with van der Waals surface area (Å²) in [5, 5.41) is 0.